The first-order chi connectivity index (χ1) is 7.37. The summed E-state index contributed by atoms with van der Waals surface area (Å²) in [5.74, 6) is 0. The van der Waals surface area contributed by atoms with Crippen LogP contribution in [-0.2, 0) is 6.54 Å². The Bertz CT molecular complexity index is 520. The second-order valence-electron chi connectivity index (χ2n) is 5.16. The summed E-state index contributed by atoms with van der Waals surface area (Å²) < 4.78 is 1.88. The first-order valence-electron chi connectivity index (χ1n) is 5.46. The lowest BCUT2D eigenvalue weighted by Gasteiger charge is -2.18. The van der Waals surface area contributed by atoms with Gasteiger partial charge in [0, 0.05) is 5.54 Å². The molecule has 0 aliphatic carbocycles. The molecule has 4 nitrogen and oxygen atoms in total. The van der Waals surface area contributed by atoms with Gasteiger partial charge in [-0.1, -0.05) is 5.21 Å². The van der Waals surface area contributed by atoms with Crippen LogP contribution in [0.15, 0.2) is 12.1 Å². The Morgan fingerprint density at radius 2 is 1.88 bits per heavy atom. The van der Waals surface area contributed by atoms with Gasteiger partial charge in [-0.25, -0.2) is 4.68 Å². The fraction of sp³-hybridized carbons (Fsp3) is 0.500. The molecule has 0 fully saturated rings. The molecular formula is C12H18N4. The molecule has 0 unspecified atom stereocenters. The van der Waals surface area contributed by atoms with E-state index in [1.807, 2.05) is 18.5 Å². The molecular weight excluding hydrogens is 200 g/mol. The van der Waals surface area contributed by atoms with Gasteiger partial charge in [-0.2, -0.15) is 0 Å². The number of aromatic nitrogens is 3. The summed E-state index contributed by atoms with van der Waals surface area (Å²) in [4.78, 5) is 0. The van der Waals surface area contributed by atoms with Crippen LogP contribution in [0, 0.1) is 13.8 Å². The Morgan fingerprint density at radius 1 is 1.25 bits per heavy atom. The van der Waals surface area contributed by atoms with E-state index >= 15 is 0 Å². The zero-order valence-electron chi connectivity index (χ0n) is 10.3. The first kappa shape index (κ1) is 11.1. The van der Waals surface area contributed by atoms with Crippen LogP contribution in [-0.4, -0.2) is 20.5 Å². The van der Waals surface area contributed by atoms with Crippen molar-refractivity contribution in [3.05, 3.63) is 23.3 Å². The molecule has 1 aromatic heterocycles. The summed E-state index contributed by atoms with van der Waals surface area (Å²) in [7, 11) is 0. The Balaban J connectivity index is 2.52. The van der Waals surface area contributed by atoms with Gasteiger partial charge in [0.25, 0.3) is 0 Å². The summed E-state index contributed by atoms with van der Waals surface area (Å²) in [5.41, 5.74) is 10.2. The smallest absolute Gasteiger partial charge is 0.113 e. The normalized spacial score (nSPS) is 12.3. The van der Waals surface area contributed by atoms with Crippen LogP contribution in [0.25, 0.3) is 11.0 Å². The molecule has 0 spiro atoms. The number of hydrogen-bond acceptors (Lipinski definition) is 3. The Morgan fingerprint density at radius 3 is 2.50 bits per heavy atom. The fourth-order valence-electron chi connectivity index (χ4n) is 1.73. The summed E-state index contributed by atoms with van der Waals surface area (Å²) in [6, 6.07) is 4.19. The molecule has 0 saturated heterocycles. The lowest BCUT2D eigenvalue weighted by molar-refractivity contribution is 0.409. The molecule has 0 bridgehead atoms. The second-order valence-corrected chi connectivity index (χ2v) is 5.16. The van der Waals surface area contributed by atoms with Crippen molar-refractivity contribution in [2.24, 2.45) is 5.73 Å². The number of nitrogens with zero attached hydrogens (tertiary/aromatic N) is 3. The average Bonchev–Trinajstić information content (AvgIpc) is 2.47. The molecule has 2 N–H and O–H groups in total. The summed E-state index contributed by atoms with van der Waals surface area (Å²) in [6.07, 6.45) is 0. The third-order valence-electron chi connectivity index (χ3n) is 2.69. The maximum Gasteiger partial charge on any atom is 0.113 e. The highest BCUT2D eigenvalue weighted by Gasteiger charge is 2.15. The molecule has 0 amide bonds. The van der Waals surface area contributed by atoms with Crippen LogP contribution >= 0.6 is 0 Å². The van der Waals surface area contributed by atoms with Crippen LogP contribution in [0.3, 0.4) is 0 Å². The molecule has 16 heavy (non-hydrogen) atoms. The lowest BCUT2D eigenvalue weighted by Crippen LogP contribution is -2.37. The maximum absolute atomic E-state index is 6.00. The van der Waals surface area contributed by atoms with Gasteiger partial charge in [-0.3, -0.25) is 0 Å². The number of aryl methyl sites for hydroxylation is 2. The standard InChI is InChI=1S/C12H18N4/c1-8-5-10-11(6-9(8)2)16(15-14-10)7-12(3,4)13/h5-6H,7,13H2,1-4H3. The van der Waals surface area contributed by atoms with Crippen molar-refractivity contribution < 1.29 is 0 Å². The topological polar surface area (TPSA) is 56.7 Å². The quantitative estimate of drug-likeness (QED) is 0.836. The highest BCUT2D eigenvalue weighted by atomic mass is 15.4. The van der Waals surface area contributed by atoms with Gasteiger partial charge in [0.05, 0.1) is 12.1 Å². The van der Waals surface area contributed by atoms with Crippen molar-refractivity contribution >= 4 is 11.0 Å². The van der Waals surface area contributed by atoms with E-state index in [4.69, 9.17) is 5.73 Å². The molecule has 0 radical (unpaired) electrons. The third-order valence-corrected chi connectivity index (χ3v) is 2.69. The number of hydrogen-bond donors (Lipinski definition) is 1. The van der Waals surface area contributed by atoms with Gasteiger partial charge >= 0.3 is 0 Å². The van der Waals surface area contributed by atoms with Gasteiger partial charge in [0.15, 0.2) is 0 Å². The van der Waals surface area contributed by atoms with Gasteiger partial charge in [0.1, 0.15) is 5.52 Å². The van der Waals surface area contributed by atoms with E-state index in [1.165, 1.54) is 11.1 Å². The second kappa shape index (κ2) is 3.56. The zero-order chi connectivity index (χ0) is 11.9. The molecule has 2 aromatic rings. The van der Waals surface area contributed by atoms with Gasteiger partial charge in [0.2, 0.25) is 0 Å². The summed E-state index contributed by atoms with van der Waals surface area (Å²) >= 11 is 0. The first-order valence-corrected chi connectivity index (χ1v) is 5.46. The third kappa shape index (κ3) is 2.07. The minimum absolute atomic E-state index is 0.278. The van der Waals surface area contributed by atoms with Crippen molar-refractivity contribution in [1.29, 1.82) is 0 Å². The van der Waals surface area contributed by atoms with Crippen molar-refractivity contribution in [2.45, 2.75) is 39.8 Å². The van der Waals surface area contributed by atoms with E-state index in [1.54, 1.807) is 0 Å². The van der Waals surface area contributed by atoms with Crippen LogP contribution in [0.4, 0.5) is 0 Å². The van der Waals surface area contributed by atoms with E-state index < -0.39 is 0 Å². The highest BCUT2D eigenvalue weighted by Crippen LogP contribution is 2.18. The minimum Gasteiger partial charge on any atom is -0.324 e. The van der Waals surface area contributed by atoms with Gasteiger partial charge in [-0.05, 0) is 51.0 Å². The average molecular weight is 218 g/mol. The van der Waals surface area contributed by atoms with Crippen LogP contribution in [0.5, 0.6) is 0 Å². The predicted molar refractivity (Wildman–Crippen MR) is 65.3 cm³/mol. The van der Waals surface area contributed by atoms with E-state index in [2.05, 4.69) is 36.3 Å². The molecule has 0 aliphatic heterocycles. The Hall–Kier alpha value is -1.42. The number of nitrogens with two attached hydrogens (primary N) is 1. The van der Waals surface area contributed by atoms with Crippen molar-refractivity contribution in [2.75, 3.05) is 0 Å². The van der Waals surface area contributed by atoms with Crippen molar-refractivity contribution in [1.82, 2.24) is 15.0 Å². The number of fused-ring (bicyclic) bond motifs is 1. The summed E-state index contributed by atoms with van der Waals surface area (Å²) in [6.45, 7) is 8.83. The number of rotatable bonds is 2. The fourth-order valence-corrected chi connectivity index (χ4v) is 1.73. The lowest BCUT2D eigenvalue weighted by atomic mass is 10.1. The van der Waals surface area contributed by atoms with Crippen LogP contribution in [0.1, 0.15) is 25.0 Å². The molecule has 86 valence electrons. The molecule has 0 aliphatic rings. The van der Waals surface area contributed by atoms with Crippen LogP contribution < -0.4 is 5.73 Å². The highest BCUT2D eigenvalue weighted by molar-refractivity contribution is 5.76. The molecule has 0 atom stereocenters. The predicted octanol–water partition coefficient (Wildman–Crippen LogP) is 1.79. The Kier molecular flexibility index (Phi) is 2.46. The maximum atomic E-state index is 6.00. The molecule has 4 heteroatoms. The monoisotopic (exact) mass is 218 g/mol. The minimum atomic E-state index is -0.278. The van der Waals surface area contributed by atoms with Crippen molar-refractivity contribution in [3.8, 4) is 0 Å². The summed E-state index contributed by atoms with van der Waals surface area (Å²) in [5, 5.41) is 8.31. The van der Waals surface area contributed by atoms with Crippen molar-refractivity contribution in [3.63, 3.8) is 0 Å². The SMILES string of the molecule is Cc1cc2nnn(CC(C)(C)N)c2cc1C. The molecule has 0 saturated carbocycles. The Labute approximate surface area is 95.4 Å². The molecule has 1 heterocycles. The largest absolute Gasteiger partial charge is 0.324 e. The van der Waals surface area contributed by atoms with Gasteiger partial charge < -0.3 is 5.73 Å². The molecule has 2 rings (SSSR count). The zero-order valence-corrected chi connectivity index (χ0v) is 10.3. The molecule has 1 aromatic carbocycles. The van der Waals surface area contributed by atoms with E-state index in [9.17, 15) is 0 Å². The van der Waals surface area contributed by atoms with E-state index in [0.717, 1.165) is 11.0 Å². The van der Waals surface area contributed by atoms with Crippen LogP contribution in [0.2, 0.25) is 0 Å². The number of benzene rings is 1. The van der Waals surface area contributed by atoms with E-state index in [0.29, 0.717) is 6.54 Å². The van der Waals surface area contributed by atoms with E-state index in [-0.39, 0.29) is 5.54 Å². The van der Waals surface area contributed by atoms with Gasteiger partial charge in [-0.15, -0.1) is 5.10 Å².